The monoisotopic (exact) mass is 256 g/mol. The second kappa shape index (κ2) is 4.88. The molecule has 4 heteroatoms. The van der Waals surface area contributed by atoms with E-state index in [0.717, 1.165) is 30.7 Å². The molecule has 1 heterocycles. The lowest BCUT2D eigenvalue weighted by Gasteiger charge is -2.04. The van der Waals surface area contributed by atoms with Crippen LogP contribution >= 0.6 is 0 Å². The van der Waals surface area contributed by atoms with Gasteiger partial charge in [0.05, 0.1) is 0 Å². The third-order valence-corrected chi connectivity index (χ3v) is 3.33. The first-order valence-corrected chi connectivity index (χ1v) is 6.63. The van der Waals surface area contributed by atoms with Gasteiger partial charge in [-0.15, -0.1) is 0 Å². The normalized spacial score (nSPS) is 14.4. The van der Waals surface area contributed by atoms with Crippen LogP contribution in [0.1, 0.15) is 47.5 Å². The fourth-order valence-electron chi connectivity index (χ4n) is 2.02. The molecule has 19 heavy (non-hydrogen) atoms. The van der Waals surface area contributed by atoms with E-state index >= 15 is 0 Å². The molecule has 4 nitrogen and oxygen atoms in total. The molecular weight excluding hydrogens is 240 g/mol. The Balaban J connectivity index is 1.72. The van der Waals surface area contributed by atoms with Crippen LogP contribution in [-0.2, 0) is 6.42 Å². The van der Waals surface area contributed by atoms with Gasteiger partial charge in [0, 0.05) is 17.7 Å². The average molecular weight is 256 g/mol. The Hall–Kier alpha value is -2.10. The van der Waals surface area contributed by atoms with Crippen molar-refractivity contribution in [3.05, 3.63) is 47.3 Å². The summed E-state index contributed by atoms with van der Waals surface area (Å²) in [6.07, 6.45) is 3.21. The summed E-state index contributed by atoms with van der Waals surface area (Å²) in [6.45, 7) is 2.08. The summed E-state index contributed by atoms with van der Waals surface area (Å²) >= 11 is 0. The lowest BCUT2D eigenvalue weighted by atomic mass is 10.1. The Bertz CT molecular complexity index is 600. The highest BCUT2D eigenvalue weighted by atomic mass is 16.5. The highest BCUT2D eigenvalue weighted by Crippen LogP contribution is 2.40. The van der Waals surface area contributed by atoms with E-state index in [1.165, 1.54) is 5.56 Å². The molecule has 1 saturated carbocycles. The molecule has 1 aliphatic carbocycles. The van der Waals surface area contributed by atoms with Crippen LogP contribution in [-0.4, -0.2) is 11.1 Å². The van der Waals surface area contributed by atoms with Gasteiger partial charge < -0.3 is 9.84 Å². The second-order valence-corrected chi connectivity index (χ2v) is 4.90. The smallest absolute Gasteiger partial charge is 0.277 e. The van der Waals surface area contributed by atoms with E-state index in [9.17, 15) is 4.79 Å². The van der Waals surface area contributed by atoms with E-state index < -0.39 is 0 Å². The molecule has 0 atom stereocenters. The van der Waals surface area contributed by atoms with Gasteiger partial charge in [-0.2, -0.15) is 0 Å². The number of carbonyl (C=O) groups is 1. The zero-order valence-electron chi connectivity index (χ0n) is 10.8. The van der Waals surface area contributed by atoms with Gasteiger partial charge in [-0.1, -0.05) is 24.2 Å². The van der Waals surface area contributed by atoms with E-state index in [2.05, 4.69) is 17.4 Å². The van der Waals surface area contributed by atoms with Crippen LogP contribution in [0.25, 0.3) is 0 Å². The van der Waals surface area contributed by atoms with Crippen molar-refractivity contribution in [2.24, 2.45) is 0 Å². The summed E-state index contributed by atoms with van der Waals surface area (Å²) in [5, 5.41) is 6.67. The molecular formula is C15H16N2O2. The van der Waals surface area contributed by atoms with Crippen molar-refractivity contribution in [1.82, 2.24) is 5.16 Å². The molecule has 1 fully saturated rings. The second-order valence-electron chi connectivity index (χ2n) is 4.90. The molecule has 0 unspecified atom stereocenters. The maximum Gasteiger partial charge on any atom is 0.277 e. The zero-order chi connectivity index (χ0) is 13.2. The Kier molecular flexibility index (Phi) is 3.07. The fraction of sp³-hybridized carbons (Fsp3) is 0.333. The molecule has 2 aromatic rings. The first-order valence-electron chi connectivity index (χ1n) is 6.63. The fourth-order valence-corrected chi connectivity index (χ4v) is 2.02. The van der Waals surface area contributed by atoms with E-state index in [-0.39, 0.29) is 5.91 Å². The molecule has 0 spiro atoms. The molecule has 3 rings (SSSR count). The van der Waals surface area contributed by atoms with E-state index in [1.54, 1.807) is 6.07 Å². The SMILES string of the molecule is CCc1cccc(NC(=O)c2cc(C3CC3)on2)c1. The minimum Gasteiger partial charge on any atom is -0.360 e. The Labute approximate surface area is 111 Å². The third-order valence-electron chi connectivity index (χ3n) is 3.33. The van der Waals surface area contributed by atoms with Crippen LogP contribution < -0.4 is 5.32 Å². The molecule has 1 aliphatic rings. The van der Waals surface area contributed by atoms with Gasteiger partial charge in [0.25, 0.3) is 5.91 Å². The first-order chi connectivity index (χ1) is 9.26. The molecule has 1 aromatic carbocycles. The number of nitrogens with one attached hydrogen (secondary N) is 1. The molecule has 98 valence electrons. The lowest BCUT2D eigenvalue weighted by molar-refractivity contribution is 0.101. The summed E-state index contributed by atoms with van der Waals surface area (Å²) < 4.78 is 5.18. The molecule has 0 bridgehead atoms. The molecule has 1 aromatic heterocycles. The lowest BCUT2D eigenvalue weighted by Crippen LogP contribution is -2.12. The zero-order valence-corrected chi connectivity index (χ0v) is 10.8. The third kappa shape index (κ3) is 2.67. The van der Waals surface area contributed by atoms with Crippen LogP contribution in [0.3, 0.4) is 0 Å². The Morgan fingerprint density at radius 3 is 3.00 bits per heavy atom. The number of nitrogens with zero attached hydrogens (tertiary/aromatic N) is 1. The van der Waals surface area contributed by atoms with Gasteiger partial charge >= 0.3 is 0 Å². The maximum absolute atomic E-state index is 12.0. The van der Waals surface area contributed by atoms with E-state index in [1.807, 2.05) is 24.3 Å². The predicted octanol–water partition coefficient (Wildman–Crippen LogP) is 3.37. The Morgan fingerprint density at radius 1 is 1.42 bits per heavy atom. The number of rotatable bonds is 4. The number of aryl methyl sites for hydroxylation is 1. The van der Waals surface area contributed by atoms with Gasteiger partial charge in [-0.3, -0.25) is 4.79 Å². The van der Waals surface area contributed by atoms with Crippen molar-refractivity contribution in [2.45, 2.75) is 32.1 Å². The van der Waals surface area contributed by atoms with Crippen molar-refractivity contribution in [2.75, 3.05) is 5.32 Å². The molecule has 1 amide bonds. The van der Waals surface area contributed by atoms with Crippen LogP contribution in [0, 0.1) is 0 Å². The number of carbonyl (C=O) groups excluding carboxylic acids is 1. The largest absolute Gasteiger partial charge is 0.360 e. The van der Waals surface area contributed by atoms with Crippen LogP contribution in [0.15, 0.2) is 34.9 Å². The standard InChI is InChI=1S/C15H16N2O2/c1-2-10-4-3-5-12(8-10)16-15(18)13-9-14(19-17-13)11-6-7-11/h3-5,8-9,11H,2,6-7H2,1H3,(H,16,18). The molecule has 0 aliphatic heterocycles. The van der Waals surface area contributed by atoms with Gasteiger partial charge in [-0.05, 0) is 37.0 Å². The first kappa shape index (κ1) is 12.0. The molecule has 0 saturated heterocycles. The Morgan fingerprint density at radius 2 is 2.26 bits per heavy atom. The van der Waals surface area contributed by atoms with Gasteiger partial charge in [0.1, 0.15) is 5.76 Å². The topological polar surface area (TPSA) is 55.1 Å². The average Bonchev–Trinajstić information content (AvgIpc) is 3.16. The summed E-state index contributed by atoms with van der Waals surface area (Å²) in [5.74, 6) is 1.08. The van der Waals surface area contributed by atoms with Gasteiger partial charge in [0.2, 0.25) is 0 Å². The van der Waals surface area contributed by atoms with Crippen molar-refractivity contribution in [3.63, 3.8) is 0 Å². The van der Waals surface area contributed by atoms with Crippen molar-refractivity contribution in [1.29, 1.82) is 0 Å². The number of amides is 1. The number of aromatic nitrogens is 1. The van der Waals surface area contributed by atoms with E-state index in [0.29, 0.717) is 11.6 Å². The number of hydrogen-bond acceptors (Lipinski definition) is 3. The van der Waals surface area contributed by atoms with Gasteiger partial charge in [-0.25, -0.2) is 0 Å². The number of hydrogen-bond donors (Lipinski definition) is 1. The number of benzene rings is 1. The quantitative estimate of drug-likeness (QED) is 0.912. The maximum atomic E-state index is 12.0. The summed E-state index contributed by atoms with van der Waals surface area (Å²) in [4.78, 5) is 12.0. The minimum absolute atomic E-state index is 0.219. The van der Waals surface area contributed by atoms with Crippen LogP contribution in [0.4, 0.5) is 5.69 Å². The summed E-state index contributed by atoms with van der Waals surface area (Å²) in [5.41, 5.74) is 2.33. The summed E-state index contributed by atoms with van der Waals surface area (Å²) in [6, 6.07) is 9.57. The van der Waals surface area contributed by atoms with Gasteiger partial charge in [0.15, 0.2) is 5.69 Å². The van der Waals surface area contributed by atoms with Crippen LogP contribution in [0.2, 0.25) is 0 Å². The van der Waals surface area contributed by atoms with E-state index in [4.69, 9.17) is 4.52 Å². The van der Waals surface area contributed by atoms with Crippen molar-refractivity contribution >= 4 is 11.6 Å². The molecule has 1 N–H and O–H groups in total. The molecule has 0 radical (unpaired) electrons. The highest BCUT2D eigenvalue weighted by Gasteiger charge is 2.28. The summed E-state index contributed by atoms with van der Waals surface area (Å²) in [7, 11) is 0. The van der Waals surface area contributed by atoms with Crippen molar-refractivity contribution < 1.29 is 9.32 Å². The minimum atomic E-state index is -0.219. The van der Waals surface area contributed by atoms with Crippen molar-refractivity contribution in [3.8, 4) is 0 Å². The predicted molar refractivity (Wildman–Crippen MR) is 72.3 cm³/mol. The van der Waals surface area contributed by atoms with Crippen LogP contribution in [0.5, 0.6) is 0 Å². The highest BCUT2D eigenvalue weighted by molar-refractivity contribution is 6.02. The number of anilines is 1.